The van der Waals surface area contributed by atoms with Gasteiger partial charge >= 0.3 is 6.03 Å². The zero-order valence-corrected chi connectivity index (χ0v) is 13.4. The molecule has 0 spiro atoms. The van der Waals surface area contributed by atoms with Gasteiger partial charge in [-0.25, -0.2) is 9.78 Å². The number of benzene rings is 1. The maximum atomic E-state index is 12.2. The number of ether oxygens (including phenoxy) is 1. The van der Waals surface area contributed by atoms with Crippen LogP contribution in [-0.4, -0.2) is 35.1 Å². The first kappa shape index (κ1) is 15.1. The van der Waals surface area contributed by atoms with Crippen LogP contribution in [0.15, 0.2) is 35.8 Å². The van der Waals surface area contributed by atoms with Crippen molar-refractivity contribution >= 4 is 29.0 Å². The first-order valence-corrected chi connectivity index (χ1v) is 8.30. The average Bonchev–Trinajstić information content (AvgIpc) is 3.19. The highest BCUT2D eigenvalue weighted by molar-refractivity contribution is 7.11. The number of amides is 2. The number of rotatable bonds is 4. The van der Waals surface area contributed by atoms with E-state index in [2.05, 4.69) is 10.3 Å². The fraction of sp³-hybridized carbons (Fsp3) is 0.333. The molecule has 1 fully saturated rings. The molecule has 7 heteroatoms. The fourth-order valence-corrected chi connectivity index (χ4v) is 2.99. The molecular formula is C15H16ClN3O2S. The van der Waals surface area contributed by atoms with Gasteiger partial charge in [0.1, 0.15) is 6.10 Å². The van der Waals surface area contributed by atoms with Gasteiger partial charge < -0.3 is 15.0 Å². The van der Waals surface area contributed by atoms with Gasteiger partial charge in [0, 0.05) is 36.1 Å². The van der Waals surface area contributed by atoms with Crippen molar-refractivity contribution in [2.24, 2.45) is 0 Å². The van der Waals surface area contributed by atoms with Crippen LogP contribution in [0.1, 0.15) is 12.0 Å². The summed E-state index contributed by atoms with van der Waals surface area (Å²) in [6, 6.07) is 7.37. The van der Waals surface area contributed by atoms with E-state index in [1.807, 2.05) is 29.6 Å². The van der Waals surface area contributed by atoms with Gasteiger partial charge in [0.05, 0.1) is 6.54 Å². The number of thiazole rings is 1. The van der Waals surface area contributed by atoms with Gasteiger partial charge in [0.2, 0.25) is 0 Å². The number of aromatic nitrogens is 1. The van der Waals surface area contributed by atoms with E-state index in [1.165, 1.54) is 11.3 Å². The monoisotopic (exact) mass is 337 g/mol. The summed E-state index contributed by atoms with van der Waals surface area (Å²) in [5.41, 5.74) is 1.02. The highest BCUT2D eigenvalue weighted by Gasteiger charge is 2.27. The van der Waals surface area contributed by atoms with Crippen molar-refractivity contribution in [3.63, 3.8) is 0 Å². The first-order chi connectivity index (χ1) is 10.7. The zero-order chi connectivity index (χ0) is 15.4. The van der Waals surface area contributed by atoms with Crippen LogP contribution in [0.25, 0.3) is 0 Å². The van der Waals surface area contributed by atoms with E-state index in [0.29, 0.717) is 29.9 Å². The SMILES string of the molecule is O=C(NCc1ccc(Cl)cc1)N1CCC(Oc2nccs2)C1. The van der Waals surface area contributed by atoms with Crippen molar-refractivity contribution in [3.8, 4) is 5.19 Å². The van der Waals surface area contributed by atoms with Crippen LogP contribution in [0, 0.1) is 0 Å². The molecular weight excluding hydrogens is 322 g/mol. The molecule has 116 valence electrons. The Morgan fingerprint density at radius 3 is 3.00 bits per heavy atom. The number of hydrogen-bond acceptors (Lipinski definition) is 4. The molecule has 0 bridgehead atoms. The van der Waals surface area contributed by atoms with Gasteiger partial charge in [-0.1, -0.05) is 35.1 Å². The standard InChI is InChI=1S/C15H16ClN3O2S/c16-12-3-1-11(2-4-12)9-18-14(20)19-7-5-13(10-19)21-15-17-6-8-22-15/h1-4,6,8,13H,5,7,9-10H2,(H,18,20). The molecule has 1 unspecified atom stereocenters. The number of nitrogens with zero attached hydrogens (tertiary/aromatic N) is 2. The van der Waals surface area contributed by atoms with E-state index in [-0.39, 0.29) is 12.1 Å². The van der Waals surface area contributed by atoms with Crippen LogP contribution in [0.3, 0.4) is 0 Å². The molecule has 2 aromatic rings. The summed E-state index contributed by atoms with van der Waals surface area (Å²) >= 11 is 7.30. The largest absolute Gasteiger partial charge is 0.465 e. The predicted octanol–water partition coefficient (Wildman–Crippen LogP) is 3.16. The van der Waals surface area contributed by atoms with Crippen molar-refractivity contribution in [2.45, 2.75) is 19.1 Å². The van der Waals surface area contributed by atoms with Crippen LogP contribution < -0.4 is 10.1 Å². The number of likely N-dealkylation sites (tertiary alicyclic amines) is 1. The second-order valence-corrected chi connectivity index (χ2v) is 6.35. The van der Waals surface area contributed by atoms with Crippen molar-refractivity contribution in [3.05, 3.63) is 46.4 Å². The summed E-state index contributed by atoms with van der Waals surface area (Å²) in [6.07, 6.45) is 2.56. The van der Waals surface area contributed by atoms with Gasteiger partial charge in [-0.3, -0.25) is 0 Å². The maximum absolute atomic E-state index is 12.2. The Balaban J connectivity index is 1.46. The number of nitrogens with one attached hydrogen (secondary N) is 1. The number of hydrogen-bond donors (Lipinski definition) is 1. The lowest BCUT2D eigenvalue weighted by atomic mass is 10.2. The van der Waals surface area contributed by atoms with Crippen LogP contribution in [0.5, 0.6) is 5.19 Å². The highest BCUT2D eigenvalue weighted by Crippen LogP contribution is 2.20. The molecule has 1 aliphatic heterocycles. The molecule has 1 aromatic heterocycles. The Morgan fingerprint density at radius 1 is 1.45 bits per heavy atom. The Kier molecular flexibility index (Phi) is 4.80. The van der Waals surface area contributed by atoms with E-state index in [1.54, 1.807) is 11.1 Å². The van der Waals surface area contributed by atoms with E-state index in [0.717, 1.165) is 12.0 Å². The minimum atomic E-state index is -0.0693. The lowest BCUT2D eigenvalue weighted by Gasteiger charge is -2.17. The summed E-state index contributed by atoms with van der Waals surface area (Å²) in [7, 11) is 0. The second kappa shape index (κ2) is 6.98. The Labute approximate surface area is 137 Å². The third-order valence-electron chi connectivity index (χ3n) is 3.47. The molecule has 1 aromatic carbocycles. The number of carbonyl (C=O) groups is 1. The van der Waals surface area contributed by atoms with E-state index >= 15 is 0 Å². The van der Waals surface area contributed by atoms with Gasteiger partial charge in [-0.2, -0.15) is 0 Å². The molecule has 1 N–H and O–H groups in total. The van der Waals surface area contributed by atoms with Crippen LogP contribution in [-0.2, 0) is 6.54 Å². The van der Waals surface area contributed by atoms with Crippen LogP contribution in [0.4, 0.5) is 4.79 Å². The number of urea groups is 1. The average molecular weight is 338 g/mol. The third kappa shape index (κ3) is 3.90. The Morgan fingerprint density at radius 2 is 2.27 bits per heavy atom. The quantitative estimate of drug-likeness (QED) is 0.932. The molecule has 1 saturated heterocycles. The minimum Gasteiger partial charge on any atom is -0.465 e. The van der Waals surface area contributed by atoms with Crippen LogP contribution in [0.2, 0.25) is 5.02 Å². The Hall–Kier alpha value is -1.79. The summed E-state index contributed by atoms with van der Waals surface area (Å²) < 4.78 is 5.74. The summed E-state index contributed by atoms with van der Waals surface area (Å²) in [5.74, 6) is 0. The lowest BCUT2D eigenvalue weighted by molar-refractivity contribution is 0.186. The first-order valence-electron chi connectivity index (χ1n) is 7.04. The van der Waals surface area contributed by atoms with Crippen LogP contribution >= 0.6 is 22.9 Å². The molecule has 3 rings (SSSR count). The van der Waals surface area contributed by atoms with Crippen molar-refractivity contribution in [1.29, 1.82) is 0 Å². The third-order valence-corrected chi connectivity index (χ3v) is 4.38. The number of halogens is 1. The molecule has 5 nitrogen and oxygen atoms in total. The Bertz CT molecular complexity index is 618. The molecule has 0 radical (unpaired) electrons. The van der Waals surface area contributed by atoms with Crippen molar-refractivity contribution < 1.29 is 9.53 Å². The number of carbonyl (C=O) groups excluding carboxylic acids is 1. The summed E-state index contributed by atoms with van der Waals surface area (Å²) in [6.45, 7) is 1.78. The van der Waals surface area contributed by atoms with Crippen molar-refractivity contribution in [2.75, 3.05) is 13.1 Å². The maximum Gasteiger partial charge on any atom is 0.317 e. The molecule has 1 aliphatic rings. The van der Waals surface area contributed by atoms with E-state index in [4.69, 9.17) is 16.3 Å². The summed E-state index contributed by atoms with van der Waals surface area (Å²) in [5, 5.41) is 6.14. The molecule has 2 amide bonds. The molecule has 22 heavy (non-hydrogen) atoms. The minimum absolute atomic E-state index is 0.0208. The summed E-state index contributed by atoms with van der Waals surface area (Å²) in [4.78, 5) is 18.0. The lowest BCUT2D eigenvalue weighted by Crippen LogP contribution is -2.39. The zero-order valence-electron chi connectivity index (χ0n) is 11.9. The molecule has 0 saturated carbocycles. The topological polar surface area (TPSA) is 54.5 Å². The fourth-order valence-electron chi connectivity index (χ4n) is 2.31. The normalized spacial score (nSPS) is 17.5. The molecule has 0 aliphatic carbocycles. The van der Waals surface area contributed by atoms with Gasteiger partial charge in [0.15, 0.2) is 0 Å². The van der Waals surface area contributed by atoms with Gasteiger partial charge in [-0.05, 0) is 17.7 Å². The van der Waals surface area contributed by atoms with E-state index < -0.39 is 0 Å². The van der Waals surface area contributed by atoms with E-state index in [9.17, 15) is 4.79 Å². The second-order valence-electron chi connectivity index (χ2n) is 5.06. The molecule has 2 heterocycles. The van der Waals surface area contributed by atoms with Gasteiger partial charge in [-0.15, -0.1) is 0 Å². The van der Waals surface area contributed by atoms with Gasteiger partial charge in [0.25, 0.3) is 5.19 Å². The highest BCUT2D eigenvalue weighted by atomic mass is 35.5. The van der Waals surface area contributed by atoms with Crippen molar-refractivity contribution in [1.82, 2.24) is 15.2 Å². The predicted molar refractivity (Wildman–Crippen MR) is 86.4 cm³/mol. The smallest absolute Gasteiger partial charge is 0.317 e. The molecule has 1 atom stereocenters.